The summed E-state index contributed by atoms with van der Waals surface area (Å²) in [5, 5.41) is 4.30. The van der Waals surface area contributed by atoms with Gasteiger partial charge in [0.05, 0.1) is 21.8 Å². The van der Waals surface area contributed by atoms with Crippen molar-refractivity contribution in [3.63, 3.8) is 0 Å². The molecule has 6 nitrogen and oxygen atoms in total. The van der Waals surface area contributed by atoms with E-state index in [-0.39, 0.29) is 5.56 Å². The van der Waals surface area contributed by atoms with Gasteiger partial charge in [-0.3, -0.25) is 4.79 Å². The first-order chi connectivity index (χ1) is 13.5. The summed E-state index contributed by atoms with van der Waals surface area (Å²) < 4.78 is 66.7. The molecule has 0 radical (unpaired) electrons. The first kappa shape index (κ1) is 20.6. The maximum absolute atomic E-state index is 12.8. The Hall–Kier alpha value is -3.14. The van der Waals surface area contributed by atoms with Crippen LogP contribution in [0, 0.1) is 13.8 Å². The van der Waals surface area contributed by atoms with E-state index in [1.54, 1.807) is 21.5 Å². The van der Waals surface area contributed by atoms with E-state index in [1.807, 2.05) is 19.9 Å². The van der Waals surface area contributed by atoms with Gasteiger partial charge in [-0.15, -0.1) is 0 Å². The maximum atomic E-state index is 12.8. The molecule has 29 heavy (non-hydrogen) atoms. The Morgan fingerprint density at radius 1 is 1.03 bits per heavy atom. The van der Waals surface area contributed by atoms with Gasteiger partial charge < -0.3 is 0 Å². The van der Waals surface area contributed by atoms with Crippen LogP contribution >= 0.6 is 0 Å². The number of hydrogen-bond donors (Lipinski definition) is 1. The number of alkyl halides is 3. The van der Waals surface area contributed by atoms with Crippen molar-refractivity contribution in [2.75, 3.05) is 0 Å². The molecule has 152 valence electrons. The van der Waals surface area contributed by atoms with Crippen molar-refractivity contribution < 1.29 is 26.4 Å². The maximum Gasteiger partial charge on any atom is 0.416 e. The minimum absolute atomic E-state index is 0.0191. The van der Waals surface area contributed by atoms with E-state index in [0.717, 1.165) is 29.6 Å². The number of aromatic nitrogens is 2. The highest BCUT2D eigenvalue weighted by molar-refractivity contribution is 7.90. The summed E-state index contributed by atoms with van der Waals surface area (Å²) in [6.07, 6.45) is -4.70. The van der Waals surface area contributed by atoms with Crippen LogP contribution in [0.3, 0.4) is 0 Å². The van der Waals surface area contributed by atoms with Crippen molar-refractivity contribution in [2.24, 2.45) is 0 Å². The third-order valence-corrected chi connectivity index (χ3v) is 5.39. The molecule has 0 aliphatic rings. The quantitative estimate of drug-likeness (QED) is 0.695. The van der Waals surface area contributed by atoms with Gasteiger partial charge in [-0.05, 0) is 56.3 Å². The average molecular weight is 423 g/mol. The van der Waals surface area contributed by atoms with Gasteiger partial charge in [0.1, 0.15) is 0 Å². The molecule has 0 fully saturated rings. The van der Waals surface area contributed by atoms with Crippen molar-refractivity contribution in [3.05, 3.63) is 77.1 Å². The van der Waals surface area contributed by atoms with Crippen molar-refractivity contribution in [2.45, 2.75) is 24.9 Å². The number of benzene rings is 2. The van der Waals surface area contributed by atoms with E-state index in [2.05, 4.69) is 5.10 Å². The van der Waals surface area contributed by atoms with E-state index in [4.69, 9.17) is 0 Å². The molecule has 0 saturated carbocycles. The molecular formula is C19H16F3N3O3S. The second-order valence-electron chi connectivity index (χ2n) is 6.35. The predicted molar refractivity (Wildman–Crippen MR) is 99.1 cm³/mol. The highest BCUT2D eigenvalue weighted by Crippen LogP contribution is 2.30. The van der Waals surface area contributed by atoms with E-state index in [9.17, 15) is 26.4 Å². The standard InChI is InChI=1S/C19H16F3N3O3S/c1-12-9-13(2)25(23-12)16-7-3-5-14(10-16)18(26)24-29(27,28)17-8-4-6-15(11-17)19(20,21)22/h3-11H,1-2H3,(H,24,26). The van der Waals surface area contributed by atoms with Crippen LogP contribution in [-0.4, -0.2) is 24.1 Å². The summed E-state index contributed by atoms with van der Waals surface area (Å²) >= 11 is 0. The van der Waals surface area contributed by atoms with Gasteiger partial charge >= 0.3 is 6.18 Å². The number of carbonyl (C=O) groups excluding carboxylic acids is 1. The van der Waals surface area contributed by atoms with Crippen LogP contribution in [0.15, 0.2) is 59.5 Å². The van der Waals surface area contributed by atoms with Crippen LogP contribution in [0.25, 0.3) is 5.69 Å². The lowest BCUT2D eigenvalue weighted by Crippen LogP contribution is -2.30. The highest BCUT2D eigenvalue weighted by Gasteiger charge is 2.32. The molecule has 2 aromatic carbocycles. The molecule has 0 spiro atoms. The van der Waals surface area contributed by atoms with Gasteiger partial charge in [0.25, 0.3) is 15.9 Å². The van der Waals surface area contributed by atoms with Gasteiger partial charge in [0.15, 0.2) is 0 Å². The fourth-order valence-electron chi connectivity index (χ4n) is 2.75. The number of amides is 1. The Labute approximate surface area is 165 Å². The lowest BCUT2D eigenvalue weighted by atomic mass is 10.2. The van der Waals surface area contributed by atoms with Gasteiger partial charge in [-0.1, -0.05) is 12.1 Å². The Kier molecular flexibility index (Phi) is 5.22. The normalized spacial score (nSPS) is 12.0. The summed E-state index contributed by atoms with van der Waals surface area (Å²) in [7, 11) is -4.49. The monoisotopic (exact) mass is 423 g/mol. The summed E-state index contributed by atoms with van der Waals surface area (Å²) in [5.74, 6) is -0.967. The molecule has 0 aliphatic heterocycles. The Morgan fingerprint density at radius 2 is 1.72 bits per heavy atom. The van der Waals surface area contributed by atoms with Crippen LogP contribution in [0.4, 0.5) is 13.2 Å². The first-order valence-electron chi connectivity index (χ1n) is 8.35. The Bertz CT molecular complexity index is 1180. The van der Waals surface area contributed by atoms with Gasteiger partial charge in [-0.2, -0.15) is 18.3 Å². The second kappa shape index (κ2) is 7.36. The fourth-order valence-corrected chi connectivity index (χ4v) is 3.77. The van der Waals surface area contributed by atoms with E-state index < -0.39 is 32.6 Å². The third-order valence-electron chi connectivity index (χ3n) is 4.06. The third kappa shape index (κ3) is 4.48. The molecule has 0 unspecified atom stereocenters. The molecule has 0 atom stereocenters. The Balaban J connectivity index is 1.89. The van der Waals surface area contributed by atoms with Gasteiger partial charge in [0, 0.05) is 11.3 Å². The molecule has 3 aromatic rings. The lowest BCUT2D eigenvalue weighted by Gasteiger charge is -2.11. The van der Waals surface area contributed by atoms with Crippen LogP contribution < -0.4 is 4.72 Å². The number of aryl methyl sites for hydroxylation is 2. The van der Waals surface area contributed by atoms with Crippen LogP contribution in [0.2, 0.25) is 0 Å². The number of halogens is 3. The number of nitrogens with zero attached hydrogens (tertiary/aromatic N) is 2. The zero-order valence-electron chi connectivity index (χ0n) is 15.4. The van der Waals surface area contributed by atoms with Gasteiger partial charge in [-0.25, -0.2) is 17.8 Å². The minimum Gasteiger partial charge on any atom is -0.268 e. The van der Waals surface area contributed by atoms with E-state index >= 15 is 0 Å². The number of nitrogens with one attached hydrogen (secondary N) is 1. The molecular weight excluding hydrogens is 407 g/mol. The summed E-state index contributed by atoms with van der Waals surface area (Å²) in [6.45, 7) is 3.63. The molecule has 0 bridgehead atoms. The lowest BCUT2D eigenvalue weighted by molar-refractivity contribution is -0.137. The largest absolute Gasteiger partial charge is 0.416 e. The highest BCUT2D eigenvalue weighted by atomic mass is 32.2. The molecule has 10 heteroatoms. The molecule has 1 amide bonds. The van der Waals surface area contributed by atoms with Crippen molar-refractivity contribution in [1.82, 2.24) is 14.5 Å². The number of carbonyl (C=O) groups is 1. The second-order valence-corrected chi connectivity index (χ2v) is 8.03. The molecule has 0 aliphatic carbocycles. The Morgan fingerprint density at radius 3 is 2.34 bits per heavy atom. The number of sulfonamides is 1. The summed E-state index contributed by atoms with van der Waals surface area (Å²) in [4.78, 5) is 11.8. The number of hydrogen-bond acceptors (Lipinski definition) is 4. The van der Waals surface area contributed by atoms with E-state index in [1.165, 1.54) is 12.1 Å². The smallest absolute Gasteiger partial charge is 0.268 e. The predicted octanol–water partition coefficient (Wildman–Crippen LogP) is 3.63. The zero-order valence-corrected chi connectivity index (χ0v) is 16.2. The van der Waals surface area contributed by atoms with E-state index in [0.29, 0.717) is 11.8 Å². The number of rotatable bonds is 4. The topological polar surface area (TPSA) is 81.1 Å². The van der Waals surface area contributed by atoms with Crippen molar-refractivity contribution in [3.8, 4) is 5.69 Å². The van der Waals surface area contributed by atoms with Crippen molar-refractivity contribution >= 4 is 15.9 Å². The minimum atomic E-state index is -4.70. The molecule has 0 saturated heterocycles. The van der Waals surface area contributed by atoms with Crippen molar-refractivity contribution in [1.29, 1.82) is 0 Å². The summed E-state index contributed by atoms with van der Waals surface area (Å²) in [6, 6.07) is 11.1. The first-order valence-corrected chi connectivity index (χ1v) is 9.84. The average Bonchev–Trinajstić information content (AvgIpc) is 2.99. The molecule has 1 aromatic heterocycles. The van der Waals surface area contributed by atoms with Crippen LogP contribution in [0.1, 0.15) is 27.3 Å². The van der Waals surface area contributed by atoms with Crippen LogP contribution in [0.5, 0.6) is 0 Å². The molecule has 1 heterocycles. The van der Waals surface area contributed by atoms with Crippen LogP contribution in [-0.2, 0) is 16.2 Å². The molecule has 1 N–H and O–H groups in total. The SMILES string of the molecule is Cc1cc(C)n(-c2cccc(C(=O)NS(=O)(=O)c3cccc(C(F)(F)F)c3)c2)n1. The summed E-state index contributed by atoms with van der Waals surface area (Å²) in [5.41, 5.74) is 1.02. The van der Waals surface area contributed by atoms with Gasteiger partial charge in [0.2, 0.25) is 0 Å². The molecule has 3 rings (SSSR count). The zero-order chi connectivity index (χ0) is 21.4. The fraction of sp³-hybridized carbons (Fsp3) is 0.158.